The Balaban J connectivity index is 1.96. The van der Waals surface area contributed by atoms with E-state index < -0.39 is 5.97 Å². The molecule has 0 aliphatic carbocycles. The molecule has 2 N–H and O–H groups in total. The van der Waals surface area contributed by atoms with Gasteiger partial charge in [-0.15, -0.1) is 11.3 Å². The average Bonchev–Trinajstić information content (AvgIpc) is 2.86. The summed E-state index contributed by atoms with van der Waals surface area (Å²) in [6.07, 6.45) is 3.07. The maximum atomic E-state index is 10.6. The minimum Gasteiger partial charge on any atom is -0.477 e. The molecule has 2 heterocycles. The van der Waals surface area contributed by atoms with Gasteiger partial charge >= 0.3 is 5.97 Å². The van der Waals surface area contributed by atoms with E-state index in [9.17, 15) is 4.79 Å². The molecule has 0 spiro atoms. The van der Waals surface area contributed by atoms with Crippen molar-refractivity contribution in [3.8, 4) is 0 Å². The number of anilines is 1. The molecule has 0 saturated heterocycles. The molecule has 0 fully saturated rings. The average molecular weight is 241 g/mol. The number of rotatable bonds is 4. The van der Waals surface area contributed by atoms with Gasteiger partial charge in [-0.1, -0.05) is 11.3 Å². The van der Waals surface area contributed by atoms with Crippen molar-refractivity contribution in [2.75, 3.05) is 5.32 Å². The highest BCUT2D eigenvalue weighted by molar-refractivity contribution is 7.17. The van der Waals surface area contributed by atoms with Crippen LogP contribution in [0.2, 0.25) is 0 Å². The van der Waals surface area contributed by atoms with Crippen LogP contribution in [0, 0.1) is 0 Å². The summed E-state index contributed by atoms with van der Waals surface area (Å²) in [5.74, 6) is -0.949. The maximum absolute atomic E-state index is 10.6. The monoisotopic (exact) mass is 241 g/mol. The van der Waals surface area contributed by atoms with Crippen LogP contribution in [-0.4, -0.2) is 21.0 Å². The third kappa shape index (κ3) is 2.51. The van der Waals surface area contributed by atoms with Gasteiger partial charge in [0.15, 0.2) is 5.13 Å². The zero-order valence-corrected chi connectivity index (χ0v) is 9.14. The van der Waals surface area contributed by atoms with E-state index >= 15 is 0 Å². The van der Waals surface area contributed by atoms with Crippen LogP contribution in [-0.2, 0) is 6.54 Å². The molecular weight excluding hydrogens is 234 g/mol. The van der Waals surface area contributed by atoms with Crippen molar-refractivity contribution >= 4 is 33.8 Å². The highest BCUT2D eigenvalue weighted by Gasteiger charge is 2.08. The van der Waals surface area contributed by atoms with E-state index in [1.165, 1.54) is 6.20 Å². The van der Waals surface area contributed by atoms with Crippen LogP contribution in [0.3, 0.4) is 0 Å². The fourth-order valence-electron chi connectivity index (χ4n) is 0.946. The smallest absolute Gasteiger partial charge is 0.347 e. The molecule has 15 heavy (non-hydrogen) atoms. The Morgan fingerprint density at radius 2 is 2.40 bits per heavy atom. The van der Waals surface area contributed by atoms with Crippen LogP contribution in [0.4, 0.5) is 5.13 Å². The topological polar surface area (TPSA) is 75.1 Å². The fraction of sp³-hybridized carbons (Fsp3) is 0.125. The number of nitrogens with zero attached hydrogens (tertiary/aromatic N) is 2. The molecule has 0 bridgehead atoms. The number of carboxylic acids is 1. The fourth-order valence-corrected chi connectivity index (χ4v) is 2.15. The third-order valence-corrected chi connectivity index (χ3v) is 3.31. The summed E-state index contributed by atoms with van der Waals surface area (Å²) < 4.78 is 0. The first-order chi connectivity index (χ1) is 7.25. The molecule has 0 saturated carbocycles. The summed E-state index contributed by atoms with van der Waals surface area (Å²) in [5.41, 5.74) is 0. The second-order valence-electron chi connectivity index (χ2n) is 2.61. The summed E-state index contributed by atoms with van der Waals surface area (Å²) >= 11 is 2.66. The lowest BCUT2D eigenvalue weighted by molar-refractivity contribution is 0.0702. The first kappa shape index (κ1) is 10.1. The number of aromatic nitrogens is 2. The van der Waals surface area contributed by atoms with Crippen LogP contribution in [0.15, 0.2) is 17.8 Å². The summed E-state index contributed by atoms with van der Waals surface area (Å²) in [6, 6.07) is 0. The molecule has 0 aromatic carbocycles. The molecule has 2 aromatic rings. The maximum Gasteiger partial charge on any atom is 0.347 e. The van der Waals surface area contributed by atoms with Crippen LogP contribution < -0.4 is 5.32 Å². The van der Waals surface area contributed by atoms with Crippen LogP contribution in [0.25, 0.3) is 0 Å². The summed E-state index contributed by atoms with van der Waals surface area (Å²) in [5, 5.41) is 15.1. The zero-order valence-electron chi connectivity index (χ0n) is 7.51. The number of thiazole rings is 2. The van der Waals surface area contributed by atoms with Crippen molar-refractivity contribution in [1.29, 1.82) is 0 Å². The molecule has 2 aromatic heterocycles. The standard InChI is InChI=1S/C8H7N3O2S2/c12-7(13)5-3-10-8(15-5)11-4-6-9-1-2-14-6/h1-3H,4H2,(H,10,11)(H,12,13). The molecule has 7 heteroatoms. The van der Waals surface area contributed by atoms with Gasteiger partial charge in [0.2, 0.25) is 0 Å². The molecular formula is C8H7N3O2S2. The first-order valence-corrected chi connectivity index (χ1v) is 5.76. The normalized spacial score (nSPS) is 10.1. The lowest BCUT2D eigenvalue weighted by atomic mass is 10.6. The molecule has 0 atom stereocenters. The highest BCUT2D eigenvalue weighted by atomic mass is 32.1. The molecule has 0 amide bonds. The highest BCUT2D eigenvalue weighted by Crippen LogP contribution is 2.18. The van der Waals surface area contributed by atoms with Crippen molar-refractivity contribution in [3.05, 3.63) is 27.7 Å². The van der Waals surface area contributed by atoms with E-state index in [2.05, 4.69) is 15.3 Å². The summed E-state index contributed by atoms with van der Waals surface area (Å²) in [7, 11) is 0. The molecule has 0 unspecified atom stereocenters. The van der Waals surface area contributed by atoms with E-state index in [0.717, 1.165) is 16.3 Å². The van der Waals surface area contributed by atoms with Crippen LogP contribution in [0.1, 0.15) is 14.7 Å². The van der Waals surface area contributed by atoms with Crippen molar-refractivity contribution in [3.63, 3.8) is 0 Å². The number of aromatic carboxylic acids is 1. The van der Waals surface area contributed by atoms with Gasteiger partial charge in [-0.2, -0.15) is 0 Å². The second kappa shape index (κ2) is 4.37. The first-order valence-electron chi connectivity index (χ1n) is 4.07. The number of hydrogen-bond donors (Lipinski definition) is 2. The Morgan fingerprint density at radius 3 is 3.00 bits per heavy atom. The Labute approximate surface area is 93.4 Å². The zero-order chi connectivity index (χ0) is 10.7. The van der Waals surface area contributed by atoms with Crippen LogP contribution in [0.5, 0.6) is 0 Å². The molecule has 0 aliphatic heterocycles. The third-order valence-electron chi connectivity index (χ3n) is 1.59. The molecule has 5 nitrogen and oxygen atoms in total. The van der Waals surface area contributed by atoms with Gasteiger partial charge in [-0.05, 0) is 0 Å². The Hall–Kier alpha value is -1.47. The number of carbonyl (C=O) groups is 1. The van der Waals surface area contributed by atoms with Crippen LogP contribution >= 0.6 is 22.7 Å². The number of hydrogen-bond acceptors (Lipinski definition) is 6. The van der Waals surface area contributed by atoms with Crippen molar-refractivity contribution in [2.24, 2.45) is 0 Å². The van der Waals surface area contributed by atoms with Crippen molar-refractivity contribution in [1.82, 2.24) is 9.97 Å². The van der Waals surface area contributed by atoms with Gasteiger partial charge in [-0.25, -0.2) is 14.8 Å². The van der Waals surface area contributed by atoms with Crippen molar-refractivity contribution < 1.29 is 9.90 Å². The molecule has 78 valence electrons. The second-order valence-corrected chi connectivity index (χ2v) is 4.62. The van der Waals surface area contributed by atoms with Gasteiger partial charge < -0.3 is 10.4 Å². The summed E-state index contributed by atoms with van der Waals surface area (Å²) in [4.78, 5) is 18.8. The SMILES string of the molecule is O=C(O)c1cnc(NCc2nccs2)s1. The van der Waals surface area contributed by atoms with Gasteiger partial charge in [-0.3, -0.25) is 0 Å². The van der Waals surface area contributed by atoms with Gasteiger partial charge in [0.1, 0.15) is 9.88 Å². The Morgan fingerprint density at radius 1 is 1.53 bits per heavy atom. The lowest BCUT2D eigenvalue weighted by Gasteiger charge is -1.96. The predicted molar refractivity (Wildman–Crippen MR) is 58.5 cm³/mol. The number of carboxylic acid groups (broad SMARTS) is 1. The van der Waals surface area contributed by atoms with E-state index in [1.54, 1.807) is 17.5 Å². The molecule has 0 aliphatic rings. The quantitative estimate of drug-likeness (QED) is 0.855. The largest absolute Gasteiger partial charge is 0.477 e. The summed E-state index contributed by atoms with van der Waals surface area (Å²) in [6.45, 7) is 0.574. The van der Waals surface area contributed by atoms with E-state index in [0.29, 0.717) is 11.7 Å². The van der Waals surface area contributed by atoms with E-state index in [4.69, 9.17) is 5.11 Å². The van der Waals surface area contributed by atoms with E-state index in [1.807, 2.05) is 5.38 Å². The Bertz CT molecular complexity index is 452. The minimum atomic E-state index is -0.949. The Kier molecular flexibility index (Phi) is 2.93. The van der Waals surface area contributed by atoms with Crippen molar-refractivity contribution in [2.45, 2.75) is 6.54 Å². The van der Waals surface area contributed by atoms with Gasteiger partial charge in [0, 0.05) is 11.6 Å². The molecule has 0 radical (unpaired) electrons. The predicted octanol–water partition coefficient (Wildman–Crippen LogP) is 1.91. The minimum absolute atomic E-state index is 0.233. The van der Waals surface area contributed by atoms with E-state index in [-0.39, 0.29) is 4.88 Å². The van der Waals surface area contributed by atoms with Gasteiger partial charge in [0.05, 0.1) is 12.7 Å². The number of nitrogens with one attached hydrogen (secondary N) is 1. The molecule has 2 rings (SSSR count). The van der Waals surface area contributed by atoms with Gasteiger partial charge in [0.25, 0.3) is 0 Å². The lowest BCUT2D eigenvalue weighted by Crippen LogP contribution is -1.97.